The lowest BCUT2D eigenvalue weighted by molar-refractivity contribution is 0.143. The molecule has 0 aromatic heterocycles. The highest BCUT2D eigenvalue weighted by Crippen LogP contribution is 2.29. The fourth-order valence-electron chi connectivity index (χ4n) is 3.21. The van der Waals surface area contributed by atoms with Crippen molar-refractivity contribution in [3.63, 3.8) is 0 Å². The molecule has 1 unspecified atom stereocenters. The number of likely N-dealkylation sites (tertiary alicyclic amines) is 1. The molecule has 1 aliphatic rings. The Morgan fingerprint density at radius 3 is 2.39 bits per heavy atom. The van der Waals surface area contributed by atoms with E-state index in [0.717, 1.165) is 47.4 Å². The van der Waals surface area contributed by atoms with Gasteiger partial charge in [-0.15, -0.1) is 0 Å². The summed E-state index contributed by atoms with van der Waals surface area (Å²) < 4.78 is 34.3. The second-order valence-corrected chi connectivity index (χ2v) is 8.99. The van der Waals surface area contributed by atoms with E-state index >= 15 is 0 Å². The first-order chi connectivity index (χ1) is 13.4. The van der Waals surface area contributed by atoms with Gasteiger partial charge in [0.2, 0.25) is 0 Å². The highest BCUT2D eigenvalue weighted by molar-refractivity contribution is 7.90. The number of hydrogen-bond acceptors (Lipinski definition) is 5. The Hall–Kier alpha value is -2.21. The lowest BCUT2D eigenvalue weighted by Gasteiger charge is -2.36. The van der Waals surface area contributed by atoms with Crippen molar-refractivity contribution in [2.24, 2.45) is 0 Å². The summed E-state index contributed by atoms with van der Waals surface area (Å²) in [5, 5.41) is 2.17. The zero-order valence-electron chi connectivity index (χ0n) is 17.3. The average Bonchev–Trinajstić information content (AvgIpc) is 2.69. The van der Waals surface area contributed by atoms with Gasteiger partial charge in [0.05, 0.1) is 12.9 Å². The van der Waals surface area contributed by atoms with Gasteiger partial charge < -0.3 is 14.4 Å². The molecule has 0 spiro atoms. The number of nitrogens with zero attached hydrogens (tertiary/aromatic N) is 1. The molecule has 1 saturated heterocycles. The van der Waals surface area contributed by atoms with Crippen LogP contribution in [0.2, 0.25) is 0 Å². The molecule has 28 heavy (non-hydrogen) atoms. The molecule has 1 fully saturated rings. The van der Waals surface area contributed by atoms with Crippen LogP contribution in [0, 0.1) is 0 Å². The fraction of sp³-hybridized carbons (Fsp3) is 0.455. The van der Waals surface area contributed by atoms with Crippen LogP contribution in [0.5, 0.6) is 11.5 Å². The summed E-state index contributed by atoms with van der Waals surface area (Å²) in [4.78, 5) is 2.03. The van der Waals surface area contributed by atoms with Crippen LogP contribution in [0.1, 0.15) is 26.7 Å². The van der Waals surface area contributed by atoms with Gasteiger partial charge >= 0.3 is 0 Å². The first kappa shape index (κ1) is 22.1. The first-order valence-corrected chi connectivity index (χ1v) is 11.8. The van der Waals surface area contributed by atoms with Crippen LogP contribution in [0.15, 0.2) is 48.7 Å². The average molecular weight is 406 g/mol. The number of benzene rings is 2. The SMILES string of the molecule is C=C1C(Oc2ccc3ccc(OC)cc3c2)CCCN1CCS(C)(=O)=O.CC. The zero-order valence-corrected chi connectivity index (χ0v) is 18.1. The number of piperidine rings is 1. The molecule has 0 saturated carbocycles. The van der Waals surface area contributed by atoms with Crippen molar-refractivity contribution >= 4 is 20.6 Å². The minimum atomic E-state index is -2.99. The Labute approximate surface area is 168 Å². The third-order valence-electron chi connectivity index (χ3n) is 4.70. The number of sulfone groups is 1. The lowest BCUT2D eigenvalue weighted by atomic mass is 10.0. The minimum Gasteiger partial charge on any atom is -0.497 e. The standard InChI is InChI=1S/C20H25NO4S.C2H6/c1-15-20(5-4-10-21(15)11-12-26(3,22)23)25-19-9-7-16-6-8-18(24-2)13-17(16)14-19;1-2/h6-9,13-14,20H,1,4-5,10-12H2,2-3H3;1-2H3. The van der Waals surface area contributed by atoms with Crippen molar-refractivity contribution in [3.05, 3.63) is 48.7 Å². The van der Waals surface area contributed by atoms with E-state index < -0.39 is 9.84 Å². The van der Waals surface area contributed by atoms with Crippen molar-refractivity contribution in [2.45, 2.75) is 32.8 Å². The maximum absolute atomic E-state index is 11.4. The molecule has 2 aromatic carbocycles. The van der Waals surface area contributed by atoms with E-state index in [1.165, 1.54) is 6.26 Å². The lowest BCUT2D eigenvalue weighted by Crippen LogP contribution is -2.40. The van der Waals surface area contributed by atoms with Gasteiger partial charge in [-0.2, -0.15) is 0 Å². The summed E-state index contributed by atoms with van der Waals surface area (Å²) in [6, 6.07) is 11.9. The zero-order chi connectivity index (χ0) is 20.7. The number of methoxy groups -OCH3 is 1. The van der Waals surface area contributed by atoms with Crippen LogP contribution in [0.3, 0.4) is 0 Å². The summed E-state index contributed by atoms with van der Waals surface area (Å²) in [5.74, 6) is 1.72. The van der Waals surface area contributed by atoms with Gasteiger partial charge in [0, 0.05) is 25.0 Å². The second kappa shape index (κ2) is 9.82. The van der Waals surface area contributed by atoms with Gasteiger partial charge in [-0.1, -0.05) is 32.6 Å². The highest BCUT2D eigenvalue weighted by Gasteiger charge is 2.25. The topological polar surface area (TPSA) is 55.8 Å². The van der Waals surface area contributed by atoms with Crippen LogP contribution in [0.4, 0.5) is 0 Å². The molecule has 1 atom stereocenters. The van der Waals surface area contributed by atoms with E-state index in [-0.39, 0.29) is 11.9 Å². The van der Waals surface area contributed by atoms with Gasteiger partial charge in [-0.25, -0.2) is 8.42 Å². The third kappa shape index (κ3) is 5.89. The van der Waals surface area contributed by atoms with Crippen LogP contribution >= 0.6 is 0 Å². The van der Waals surface area contributed by atoms with Crippen molar-refractivity contribution in [2.75, 3.05) is 32.2 Å². The molecule has 6 heteroatoms. The number of fused-ring (bicyclic) bond motifs is 1. The second-order valence-electron chi connectivity index (χ2n) is 6.73. The van der Waals surface area contributed by atoms with E-state index in [4.69, 9.17) is 9.47 Å². The van der Waals surface area contributed by atoms with Crippen LogP contribution in [0.25, 0.3) is 10.8 Å². The molecule has 0 amide bonds. The number of ether oxygens (including phenoxy) is 2. The first-order valence-electron chi connectivity index (χ1n) is 9.72. The maximum atomic E-state index is 11.4. The Morgan fingerprint density at radius 1 is 1.11 bits per heavy atom. The Bertz CT molecular complexity index is 908. The van der Waals surface area contributed by atoms with Crippen molar-refractivity contribution < 1.29 is 17.9 Å². The van der Waals surface area contributed by atoms with E-state index in [9.17, 15) is 8.42 Å². The van der Waals surface area contributed by atoms with Crippen LogP contribution in [-0.4, -0.2) is 51.6 Å². The fourth-order valence-corrected chi connectivity index (χ4v) is 3.76. The Balaban J connectivity index is 0.00000136. The van der Waals surface area contributed by atoms with E-state index in [1.54, 1.807) is 7.11 Å². The van der Waals surface area contributed by atoms with Crippen LogP contribution < -0.4 is 9.47 Å². The summed E-state index contributed by atoms with van der Waals surface area (Å²) in [5.41, 5.74) is 0.852. The number of rotatable bonds is 6. The van der Waals surface area contributed by atoms with E-state index in [2.05, 4.69) is 6.58 Å². The van der Waals surface area contributed by atoms with Gasteiger partial charge in [0.25, 0.3) is 0 Å². The summed E-state index contributed by atoms with van der Waals surface area (Å²) in [7, 11) is -1.34. The minimum absolute atomic E-state index is 0.133. The van der Waals surface area contributed by atoms with Gasteiger partial charge in [-0.05, 0) is 47.9 Å². The van der Waals surface area contributed by atoms with Gasteiger partial charge in [-0.3, -0.25) is 0 Å². The molecular weight excluding hydrogens is 374 g/mol. The monoisotopic (exact) mass is 405 g/mol. The third-order valence-corrected chi connectivity index (χ3v) is 5.63. The van der Waals surface area contributed by atoms with Crippen molar-refractivity contribution in [1.29, 1.82) is 0 Å². The Kier molecular flexibility index (Phi) is 7.75. The molecule has 1 aliphatic heterocycles. The molecule has 154 valence electrons. The molecular formula is C22H31NO4S. The van der Waals surface area contributed by atoms with E-state index in [0.29, 0.717) is 6.54 Å². The summed E-state index contributed by atoms with van der Waals surface area (Å²) >= 11 is 0. The predicted molar refractivity (Wildman–Crippen MR) is 116 cm³/mol. The number of hydrogen-bond donors (Lipinski definition) is 0. The van der Waals surface area contributed by atoms with Crippen LogP contribution in [-0.2, 0) is 9.84 Å². The summed E-state index contributed by atoms with van der Waals surface area (Å²) in [6.07, 6.45) is 2.96. The van der Waals surface area contributed by atoms with Crippen molar-refractivity contribution in [3.8, 4) is 11.5 Å². The molecule has 3 rings (SSSR count). The molecule has 2 aromatic rings. The molecule has 0 N–H and O–H groups in total. The smallest absolute Gasteiger partial charge is 0.149 e. The quantitative estimate of drug-likeness (QED) is 0.718. The van der Waals surface area contributed by atoms with Gasteiger partial charge in [0.1, 0.15) is 27.4 Å². The van der Waals surface area contributed by atoms with E-state index in [1.807, 2.05) is 55.1 Å². The Morgan fingerprint density at radius 2 is 1.75 bits per heavy atom. The van der Waals surface area contributed by atoms with Crippen molar-refractivity contribution in [1.82, 2.24) is 4.90 Å². The largest absolute Gasteiger partial charge is 0.497 e. The molecule has 1 heterocycles. The maximum Gasteiger partial charge on any atom is 0.149 e. The molecule has 0 bridgehead atoms. The van der Waals surface area contributed by atoms with Gasteiger partial charge in [0.15, 0.2) is 0 Å². The highest BCUT2D eigenvalue weighted by atomic mass is 32.2. The molecule has 0 radical (unpaired) electrons. The molecule has 5 nitrogen and oxygen atoms in total. The molecule has 0 aliphatic carbocycles. The normalized spacial score (nSPS) is 17.1. The summed E-state index contributed by atoms with van der Waals surface area (Å²) in [6.45, 7) is 9.44. The predicted octanol–water partition coefficient (Wildman–Crippen LogP) is 4.28.